The molecule has 0 N–H and O–H groups in total. The van der Waals surface area contributed by atoms with Crippen molar-refractivity contribution in [1.29, 1.82) is 0 Å². The van der Waals surface area contributed by atoms with Crippen LogP contribution in [-0.4, -0.2) is 55.3 Å². The molecule has 0 unspecified atom stereocenters. The van der Waals surface area contributed by atoms with E-state index in [1.807, 2.05) is 31.2 Å². The first-order valence-corrected chi connectivity index (χ1v) is 10.7. The molecular formula is C24H26N2O5. The van der Waals surface area contributed by atoms with Crippen LogP contribution in [0.2, 0.25) is 0 Å². The Bertz CT molecular complexity index is 997. The quantitative estimate of drug-likeness (QED) is 0.642. The number of fused-ring (bicyclic) bond motifs is 1. The number of benzene rings is 2. The smallest absolute Gasteiger partial charge is 0.265 e. The van der Waals surface area contributed by atoms with Gasteiger partial charge in [0.2, 0.25) is 5.91 Å². The summed E-state index contributed by atoms with van der Waals surface area (Å²) in [6.07, 6.45) is 2.78. The minimum Gasteiger partial charge on any atom is -0.485 e. The lowest BCUT2D eigenvalue weighted by Gasteiger charge is -2.30. The molecule has 0 spiro atoms. The van der Waals surface area contributed by atoms with Crippen molar-refractivity contribution < 1.29 is 23.9 Å². The first-order valence-electron chi connectivity index (χ1n) is 10.7. The molecule has 0 aromatic heterocycles. The Hall–Kier alpha value is -3.35. The second-order valence-corrected chi connectivity index (χ2v) is 7.71. The van der Waals surface area contributed by atoms with Gasteiger partial charge in [-0.15, -0.1) is 0 Å². The number of hydrogen-bond acceptors (Lipinski definition) is 5. The molecule has 2 aliphatic rings. The average molecular weight is 422 g/mol. The summed E-state index contributed by atoms with van der Waals surface area (Å²) in [5, 5.41) is 0. The number of rotatable bonds is 7. The maximum absolute atomic E-state index is 12.8. The predicted molar refractivity (Wildman–Crippen MR) is 116 cm³/mol. The Labute approximate surface area is 181 Å². The highest BCUT2D eigenvalue weighted by Crippen LogP contribution is 2.33. The molecule has 7 heteroatoms. The fourth-order valence-corrected chi connectivity index (χ4v) is 3.91. The van der Waals surface area contributed by atoms with Crippen LogP contribution in [0, 0.1) is 0 Å². The van der Waals surface area contributed by atoms with Crippen LogP contribution in [0.5, 0.6) is 11.5 Å². The molecule has 2 aromatic carbocycles. The lowest BCUT2D eigenvalue weighted by atomic mass is 10.1. The van der Waals surface area contributed by atoms with E-state index in [9.17, 15) is 14.4 Å². The summed E-state index contributed by atoms with van der Waals surface area (Å²) in [7, 11) is 0. The van der Waals surface area contributed by atoms with E-state index < -0.39 is 0 Å². The summed E-state index contributed by atoms with van der Waals surface area (Å²) >= 11 is 0. The minimum absolute atomic E-state index is 0.0484. The van der Waals surface area contributed by atoms with E-state index >= 15 is 0 Å². The molecule has 0 atom stereocenters. The Morgan fingerprint density at radius 3 is 2.65 bits per heavy atom. The molecule has 0 bridgehead atoms. The zero-order valence-electron chi connectivity index (χ0n) is 17.6. The third-order valence-corrected chi connectivity index (χ3v) is 5.69. The van der Waals surface area contributed by atoms with Crippen LogP contribution in [-0.2, 0) is 16.0 Å². The number of amides is 2. The third kappa shape index (κ3) is 4.55. The standard InChI is InChI=1S/C24H26N2O5/c1-2-17-7-3-4-8-21(17)30-15-20(27)18-9-10-22-19(13-18)26(24(29)16-31-22)14-23(28)25-11-5-6-12-25/h3-4,7-10,13H,2,5-6,11-12,14-16H2,1H3. The van der Waals surface area contributed by atoms with Gasteiger partial charge in [0.15, 0.2) is 19.0 Å². The molecule has 2 aromatic rings. The lowest BCUT2D eigenvalue weighted by Crippen LogP contribution is -2.46. The fraction of sp³-hybridized carbons (Fsp3) is 0.375. The number of Topliss-reactive ketones (excluding diaryl/α,β-unsaturated/α-hetero) is 1. The zero-order chi connectivity index (χ0) is 21.8. The van der Waals surface area contributed by atoms with Crippen LogP contribution in [0.1, 0.15) is 35.7 Å². The molecular weight excluding hydrogens is 396 g/mol. The summed E-state index contributed by atoms with van der Waals surface area (Å²) in [5.74, 6) is 0.584. The highest BCUT2D eigenvalue weighted by molar-refractivity contribution is 6.04. The Balaban J connectivity index is 1.50. The molecule has 0 radical (unpaired) electrons. The van der Waals surface area contributed by atoms with E-state index in [1.54, 1.807) is 23.1 Å². The number of anilines is 1. The van der Waals surface area contributed by atoms with Gasteiger partial charge in [0.05, 0.1) is 5.69 Å². The Morgan fingerprint density at radius 2 is 1.87 bits per heavy atom. The molecule has 0 aliphatic carbocycles. The van der Waals surface area contributed by atoms with E-state index in [4.69, 9.17) is 9.47 Å². The van der Waals surface area contributed by atoms with E-state index in [0.717, 1.165) is 37.9 Å². The summed E-state index contributed by atoms with van der Waals surface area (Å²) in [6.45, 7) is 3.19. The highest BCUT2D eigenvalue weighted by Gasteiger charge is 2.30. The second-order valence-electron chi connectivity index (χ2n) is 7.71. The van der Waals surface area contributed by atoms with E-state index in [-0.39, 0.29) is 37.4 Å². The first kappa shape index (κ1) is 20.9. The van der Waals surface area contributed by atoms with Crippen molar-refractivity contribution in [1.82, 2.24) is 4.90 Å². The average Bonchev–Trinajstić information content (AvgIpc) is 3.34. The van der Waals surface area contributed by atoms with Gasteiger partial charge in [-0.05, 0) is 49.1 Å². The van der Waals surface area contributed by atoms with Gasteiger partial charge in [-0.2, -0.15) is 0 Å². The van der Waals surface area contributed by atoms with Crippen LogP contribution < -0.4 is 14.4 Å². The lowest BCUT2D eigenvalue weighted by molar-refractivity contribution is -0.131. The molecule has 0 saturated carbocycles. The van der Waals surface area contributed by atoms with Crippen LogP contribution in [0.15, 0.2) is 42.5 Å². The molecule has 4 rings (SSSR count). The number of aryl methyl sites for hydroxylation is 1. The Morgan fingerprint density at radius 1 is 1.10 bits per heavy atom. The minimum atomic E-state index is -0.294. The number of carbonyl (C=O) groups is 3. The maximum atomic E-state index is 12.8. The maximum Gasteiger partial charge on any atom is 0.265 e. The van der Waals surface area contributed by atoms with Crippen molar-refractivity contribution in [3.63, 3.8) is 0 Å². The molecule has 2 amide bonds. The largest absolute Gasteiger partial charge is 0.485 e. The van der Waals surface area contributed by atoms with Crippen LogP contribution in [0.4, 0.5) is 5.69 Å². The number of likely N-dealkylation sites (tertiary alicyclic amines) is 1. The molecule has 1 saturated heterocycles. The fourth-order valence-electron chi connectivity index (χ4n) is 3.91. The number of ketones is 1. The number of ether oxygens (including phenoxy) is 2. The van der Waals surface area contributed by atoms with Gasteiger partial charge in [-0.25, -0.2) is 0 Å². The predicted octanol–water partition coefficient (Wildman–Crippen LogP) is 2.86. The zero-order valence-corrected chi connectivity index (χ0v) is 17.6. The number of carbonyl (C=O) groups excluding carboxylic acids is 3. The van der Waals surface area contributed by atoms with Gasteiger partial charge < -0.3 is 14.4 Å². The van der Waals surface area contributed by atoms with Crippen molar-refractivity contribution in [2.24, 2.45) is 0 Å². The molecule has 31 heavy (non-hydrogen) atoms. The monoisotopic (exact) mass is 422 g/mol. The van der Waals surface area contributed by atoms with Gasteiger partial charge in [0.1, 0.15) is 18.0 Å². The normalized spacial score (nSPS) is 15.5. The topological polar surface area (TPSA) is 76.2 Å². The molecule has 7 nitrogen and oxygen atoms in total. The summed E-state index contributed by atoms with van der Waals surface area (Å²) in [6, 6.07) is 12.6. The van der Waals surface area contributed by atoms with Gasteiger partial charge in [0, 0.05) is 18.7 Å². The van der Waals surface area contributed by atoms with Crippen molar-refractivity contribution in [2.75, 3.05) is 37.7 Å². The van der Waals surface area contributed by atoms with Crippen molar-refractivity contribution in [3.05, 3.63) is 53.6 Å². The molecule has 1 fully saturated rings. The van der Waals surface area contributed by atoms with Crippen LogP contribution in [0.25, 0.3) is 0 Å². The van der Waals surface area contributed by atoms with E-state index in [2.05, 4.69) is 0 Å². The van der Waals surface area contributed by atoms with E-state index in [1.165, 1.54) is 4.90 Å². The van der Waals surface area contributed by atoms with Crippen LogP contribution in [0.3, 0.4) is 0 Å². The van der Waals surface area contributed by atoms with Crippen LogP contribution >= 0.6 is 0 Å². The van der Waals surface area contributed by atoms with Crippen molar-refractivity contribution >= 4 is 23.3 Å². The summed E-state index contributed by atoms with van der Waals surface area (Å²) in [4.78, 5) is 41.1. The SMILES string of the molecule is CCc1ccccc1OCC(=O)c1ccc2c(c1)N(CC(=O)N1CCCC1)C(=O)CO2. The molecule has 2 heterocycles. The van der Waals surface area contributed by atoms with Crippen molar-refractivity contribution in [3.8, 4) is 11.5 Å². The number of para-hydroxylation sites is 1. The van der Waals surface area contributed by atoms with Crippen molar-refractivity contribution in [2.45, 2.75) is 26.2 Å². The number of nitrogens with zero attached hydrogens (tertiary/aromatic N) is 2. The Kier molecular flexibility index (Phi) is 6.21. The number of hydrogen-bond donors (Lipinski definition) is 0. The molecule has 2 aliphatic heterocycles. The first-order chi connectivity index (χ1) is 15.1. The van der Waals surface area contributed by atoms with E-state index in [0.29, 0.717) is 22.7 Å². The highest BCUT2D eigenvalue weighted by atomic mass is 16.5. The molecule has 162 valence electrons. The van der Waals surface area contributed by atoms with Gasteiger partial charge in [-0.3, -0.25) is 19.3 Å². The van der Waals surface area contributed by atoms with Gasteiger partial charge in [0.25, 0.3) is 5.91 Å². The van der Waals surface area contributed by atoms with Gasteiger partial charge >= 0.3 is 0 Å². The van der Waals surface area contributed by atoms with Gasteiger partial charge in [-0.1, -0.05) is 25.1 Å². The summed E-state index contributed by atoms with van der Waals surface area (Å²) in [5.41, 5.74) is 1.89. The third-order valence-electron chi connectivity index (χ3n) is 5.69. The second kappa shape index (κ2) is 9.20. The summed E-state index contributed by atoms with van der Waals surface area (Å²) < 4.78 is 11.3.